The van der Waals surface area contributed by atoms with Crippen molar-refractivity contribution in [2.45, 2.75) is 52.1 Å². The molecule has 0 atom stereocenters. The number of carbonyl (C=O) groups is 2. The minimum absolute atomic E-state index is 0.156. The van der Waals surface area contributed by atoms with Crippen molar-refractivity contribution in [2.24, 2.45) is 0 Å². The molecule has 0 saturated heterocycles. The van der Waals surface area contributed by atoms with Gasteiger partial charge in [0.15, 0.2) is 5.76 Å². The van der Waals surface area contributed by atoms with Gasteiger partial charge in [0, 0.05) is 30.7 Å². The van der Waals surface area contributed by atoms with E-state index in [0.29, 0.717) is 35.8 Å². The van der Waals surface area contributed by atoms with E-state index in [-0.39, 0.29) is 18.9 Å². The number of benzene rings is 1. The van der Waals surface area contributed by atoms with Crippen molar-refractivity contribution in [3.05, 3.63) is 72.1 Å². The molecule has 0 bridgehead atoms. The number of para-hydroxylation sites is 1. The number of aromatic nitrogens is 1. The number of rotatable bonds is 12. The number of carboxylic acid groups (broad SMARTS) is 1. The molecule has 3 rings (SSSR count). The summed E-state index contributed by atoms with van der Waals surface area (Å²) in [4.78, 5) is 29.8. The molecule has 0 aliphatic rings. The van der Waals surface area contributed by atoms with Gasteiger partial charge in [-0.05, 0) is 63.4 Å². The third kappa shape index (κ3) is 6.94. The standard InChI is InChI=1S/C26H30N2O5/c1-19(2)28(26(31)20-13-14-22(27-17-20)24-11-8-16-33-24)18-21-9-5-6-10-23(21)32-15-7-3-4-12-25(29)30/h5-6,8-11,13-14,16-17,19H,3-4,7,12,15,18H2,1-2H3,(H,29,30)/i19D. The van der Waals surface area contributed by atoms with Crippen LogP contribution in [0.1, 0.15) is 56.8 Å². The molecule has 0 aliphatic carbocycles. The number of hydrogen-bond donors (Lipinski definition) is 1. The summed E-state index contributed by atoms with van der Waals surface area (Å²) in [5, 5.41) is 8.73. The first-order chi connectivity index (χ1) is 16.3. The second kappa shape index (κ2) is 11.9. The molecule has 33 heavy (non-hydrogen) atoms. The van der Waals surface area contributed by atoms with E-state index in [9.17, 15) is 9.59 Å². The van der Waals surface area contributed by atoms with E-state index < -0.39 is 12.0 Å². The van der Waals surface area contributed by atoms with Crippen LogP contribution in [0.2, 0.25) is 0 Å². The lowest BCUT2D eigenvalue weighted by molar-refractivity contribution is -0.137. The molecule has 174 valence electrons. The second-order valence-corrected chi connectivity index (χ2v) is 7.91. The van der Waals surface area contributed by atoms with Gasteiger partial charge in [0.2, 0.25) is 0 Å². The highest BCUT2D eigenvalue weighted by molar-refractivity contribution is 5.94. The minimum Gasteiger partial charge on any atom is -0.493 e. The Labute approximate surface area is 195 Å². The predicted molar refractivity (Wildman–Crippen MR) is 125 cm³/mol. The maximum atomic E-state index is 13.3. The van der Waals surface area contributed by atoms with Crippen LogP contribution in [0.25, 0.3) is 11.5 Å². The van der Waals surface area contributed by atoms with E-state index in [4.69, 9.17) is 15.6 Å². The third-order valence-corrected chi connectivity index (χ3v) is 5.16. The molecule has 0 unspecified atom stereocenters. The average Bonchev–Trinajstić information content (AvgIpc) is 3.34. The van der Waals surface area contributed by atoms with Crippen molar-refractivity contribution in [2.75, 3.05) is 6.61 Å². The van der Waals surface area contributed by atoms with Crippen LogP contribution in [0.15, 0.2) is 65.4 Å². The van der Waals surface area contributed by atoms with E-state index in [1.807, 2.05) is 24.3 Å². The number of aliphatic carboxylic acids is 1. The lowest BCUT2D eigenvalue weighted by Crippen LogP contribution is -2.36. The Morgan fingerprint density at radius 2 is 1.94 bits per heavy atom. The van der Waals surface area contributed by atoms with Gasteiger partial charge in [-0.3, -0.25) is 14.6 Å². The molecule has 2 heterocycles. The fourth-order valence-electron chi connectivity index (χ4n) is 3.36. The number of amides is 1. The molecule has 0 saturated carbocycles. The van der Waals surface area contributed by atoms with Gasteiger partial charge in [0.1, 0.15) is 11.4 Å². The van der Waals surface area contributed by atoms with Gasteiger partial charge < -0.3 is 19.2 Å². The SMILES string of the molecule is [2H]C(C)(C)N(Cc1ccccc1OCCCCCC(=O)O)C(=O)c1ccc(-c2ccco2)nc1. The van der Waals surface area contributed by atoms with Crippen molar-refractivity contribution in [1.82, 2.24) is 9.88 Å². The molecule has 1 N–H and O–H groups in total. The summed E-state index contributed by atoms with van der Waals surface area (Å²) in [5.74, 6) is 0.168. The highest BCUT2D eigenvalue weighted by Crippen LogP contribution is 2.23. The van der Waals surface area contributed by atoms with Gasteiger partial charge in [-0.1, -0.05) is 18.2 Å². The van der Waals surface area contributed by atoms with Crippen LogP contribution in [0, 0.1) is 0 Å². The molecule has 1 amide bonds. The monoisotopic (exact) mass is 451 g/mol. The van der Waals surface area contributed by atoms with Crippen molar-refractivity contribution in [1.29, 1.82) is 0 Å². The number of pyridine rings is 1. The highest BCUT2D eigenvalue weighted by atomic mass is 16.5. The van der Waals surface area contributed by atoms with E-state index in [0.717, 1.165) is 18.4 Å². The summed E-state index contributed by atoms with van der Waals surface area (Å²) in [6.45, 7) is 3.99. The van der Waals surface area contributed by atoms with Crippen LogP contribution in [0.3, 0.4) is 0 Å². The minimum atomic E-state index is -1.18. The van der Waals surface area contributed by atoms with Crippen molar-refractivity contribution >= 4 is 11.9 Å². The average molecular weight is 452 g/mol. The van der Waals surface area contributed by atoms with E-state index in [1.165, 1.54) is 11.1 Å². The van der Waals surface area contributed by atoms with Gasteiger partial charge in [-0.2, -0.15) is 0 Å². The maximum Gasteiger partial charge on any atom is 0.303 e. The molecule has 0 aliphatic heterocycles. The third-order valence-electron chi connectivity index (χ3n) is 5.16. The number of nitrogens with zero attached hydrogens (tertiary/aromatic N) is 2. The van der Waals surface area contributed by atoms with Crippen LogP contribution < -0.4 is 4.74 Å². The summed E-state index contributed by atoms with van der Waals surface area (Å²) in [5.41, 5.74) is 1.80. The zero-order chi connectivity index (χ0) is 24.6. The Kier molecular flexibility index (Phi) is 8.11. The van der Waals surface area contributed by atoms with Gasteiger partial charge in [0.05, 0.1) is 19.8 Å². The first kappa shape index (κ1) is 22.6. The Morgan fingerprint density at radius 3 is 2.61 bits per heavy atom. The van der Waals surface area contributed by atoms with E-state index in [2.05, 4.69) is 4.98 Å². The number of unbranched alkanes of at least 4 members (excludes halogenated alkanes) is 2. The molecular weight excluding hydrogens is 420 g/mol. The first-order valence-electron chi connectivity index (χ1n) is 11.5. The predicted octanol–water partition coefficient (Wildman–Crippen LogP) is 5.42. The number of carbonyl (C=O) groups excluding carboxylic acids is 1. The Morgan fingerprint density at radius 1 is 1.12 bits per heavy atom. The molecule has 7 heteroatoms. The highest BCUT2D eigenvalue weighted by Gasteiger charge is 2.21. The zero-order valence-electron chi connectivity index (χ0n) is 20.0. The number of hydrogen-bond acceptors (Lipinski definition) is 5. The molecule has 2 aromatic heterocycles. The van der Waals surface area contributed by atoms with Gasteiger partial charge in [-0.25, -0.2) is 0 Å². The molecule has 7 nitrogen and oxygen atoms in total. The van der Waals surface area contributed by atoms with Crippen LogP contribution in [-0.4, -0.2) is 39.5 Å². The summed E-state index contributed by atoms with van der Waals surface area (Å²) >= 11 is 0. The summed E-state index contributed by atoms with van der Waals surface area (Å²) in [6.07, 6.45) is 5.34. The van der Waals surface area contributed by atoms with Crippen molar-refractivity contribution < 1.29 is 25.2 Å². The molecular formula is C26H30N2O5. The van der Waals surface area contributed by atoms with Crippen molar-refractivity contribution in [3.63, 3.8) is 0 Å². The molecule has 1 aromatic carbocycles. The molecule has 3 aromatic rings. The Bertz CT molecular complexity index is 1080. The largest absolute Gasteiger partial charge is 0.493 e. The van der Waals surface area contributed by atoms with Gasteiger partial charge >= 0.3 is 5.97 Å². The van der Waals surface area contributed by atoms with E-state index >= 15 is 0 Å². The smallest absolute Gasteiger partial charge is 0.303 e. The lowest BCUT2D eigenvalue weighted by Gasteiger charge is -2.28. The van der Waals surface area contributed by atoms with E-state index in [1.54, 1.807) is 44.4 Å². The van der Waals surface area contributed by atoms with Crippen LogP contribution in [-0.2, 0) is 11.3 Å². The summed E-state index contributed by atoms with van der Waals surface area (Å²) < 4.78 is 19.9. The number of ether oxygens (including phenoxy) is 1. The van der Waals surface area contributed by atoms with Gasteiger partial charge in [-0.15, -0.1) is 0 Å². The first-order valence-corrected chi connectivity index (χ1v) is 11.0. The summed E-state index contributed by atoms with van der Waals surface area (Å²) in [6, 6.07) is 13.2. The Hall–Kier alpha value is -3.61. The van der Waals surface area contributed by atoms with Crippen LogP contribution >= 0.6 is 0 Å². The second-order valence-electron chi connectivity index (χ2n) is 7.91. The number of carboxylic acids is 1. The Balaban J connectivity index is 1.69. The molecule has 0 radical (unpaired) electrons. The zero-order valence-corrected chi connectivity index (χ0v) is 19.0. The molecule has 0 spiro atoms. The summed E-state index contributed by atoms with van der Waals surface area (Å²) in [7, 11) is 0. The van der Waals surface area contributed by atoms with Gasteiger partial charge in [0.25, 0.3) is 5.91 Å². The van der Waals surface area contributed by atoms with Crippen LogP contribution in [0.4, 0.5) is 0 Å². The number of furan rings is 1. The maximum absolute atomic E-state index is 13.3. The fraction of sp³-hybridized carbons (Fsp3) is 0.346. The topological polar surface area (TPSA) is 92.9 Å². The van der Waals surface area contributed by atoms with Crippen LogP contribution in [0.5, 0.6) is 5.75 Å². The van der Waals surface area contributed by atoms with Crippen molar-refractivity contribution in [3.8, 4) is 17.2 Å². The lowest BCUT2D eigenvalue weighted by atomic mass is 10.1. The normalized spacial score (nSPS) is 11.6. The molecule has 0 fully saturated rings. The fourth-order valence-corrected chi connectivity index (χ4v) is 3.36. The quantitative estimate of drug-likeness (QED) is 0.370.